The molecule has 3 heterocycles. The van der Waals surface area contributed by atoms with E-state index in [-0.39, 0.29) is 115 Å². The highest BCUT2D eigenvalue weighted by atomic mass is 32.2. The van der Waals surface area contributed by atoms with Gasteiger partial charge >= 0.3 is 5.97 Å². The lowest BCUT2D eigenvalue weighted by atomic mass is 9.99. The number of benzene rings is 3. The van der Waals surface area contributed by atoms with Crippen molar-refractivity contribution in [3.8, 4) is 0 Å². The number of carbonyl (C=O) groups excluding carboxylic acids is 11. The third-order valence-corrected chi connectivity index (χ3v) is 18.9. The quantitative estimate of drug-likeness (QED) is 0.0134. The van der Waals surface area contributed by atoms with E-state index in [1.807, 2.05) is 32.0 Å². The standard InChI is InChI=1S/C72H106N20O13S/c1-42(2)36-52(61(95)85-51(70(104)105)29-35-106-3)86-64(98)55(39-45-41-82-48-24-11-10-22-46(45)48)89-63(97)54(38-44-20-8-5-9-21-44)88-62(96)53(37-43-18-6-4-7-19-43)87-60(94)49(26-15-32-81-72(78)79)83-65(99)56(40-59(75)93)90-67(101)58-28-17-34-92(58)69(103)50(25-12-13-30-73)84-66(100)57-27-16-33-91(57)68(102)47(74)23-14-31-80-71(76)77/h4-11,18-22,24,41-42,47,49-58,82H,12-17,23,25-40,73-74H2,1-3H3,(H2,75,93)(H,83,99)(H,84,100)(H,85,95)(H,86,98)(H,87,94)(H,88,96)(H,89,97)(H,90,101)(H,104,105)(H4,76,77,80)(H4,78,79,81)/t47-,49-,50-,51-,52-,53+,54-,55+,56-,57-,58-/m0/s1. The highest BCUT2D eigenvalue weighted by Gasteiger charge is 2.43. The van der Waals surface area contributed by atoms with Crippen molar-refractivity contribution >= 4 is 106 Å². The number of carboxylic acids is 1. The lowest BCUT2D eigenvalue weighted by Gasteiger charge is -2.32. The van der Waals surface area contributed by atoms with E-state index in [1.54, 1.807) is 79.2 Å². The number of amides is 11. The van der Waals surface area contributed by atoms with Gasteiger partial charge in [0.1, 0.15) is 60.4 Å². The fourth-order valence-electron chi connectivity index (χ4n) is 12.8. The smallest absolute Gasteiger partial charge is 0.326 e. The van der Waals surface area contributed by atoms with Gasteiger partial charge < -0.3 is 103 Å². The summed E-state index contributed by atoms with van der Waals surface area (Å²) in [4.78, 5) is 185. The summed E-state index contributed by atoms with van der Waals surface area (Å²) in [6, 6.07) is 9.93. The average Bonchev–Trinajstić information content (AvgIpc) is 1.61. The normalized spacial score (nSPS) is 16.6. The number of nitrogens with one attached hydrogen (secondary N) is 9. The maximum atomic E-state index is 15.2. The molecule has 578 valence electrons. The van der Waals surface area contributed by atoms with E-state index < -0.39 is 144 Å². The summed E-state index contributed by atoms with van der Waals surface area (Å²) in [5, 5.41) is 32.6. The van der Waals surface area contributed by atoms with Gasteiger partial charge in [-0.15, -0.1) is 0 Å². The second kappa shape index (κ2) is 43.2. The van der Waals surface area contributed by atoms with Crippen LogP contribution in [0.25, 0.3) is 10.9 Å². The first-order valence-corrected chi connectivity index (χ1v) is 37.3. The third-order valence-electron chi connectivity index (χ3n) is 18.3. The molecule has 2 aliphatic heterocycles. The first-order valence-electron chi connectivity index (χ1n) is 35.9. The number of aromatic amines is 1. The van der Waals surface area contributed by atoms with Crippen LogP contribution in [-0.4, -0.2) is 214 Å². The van der Waals surface area contributed by atoms with E-state index in [1.165, 1.54) is 21.6 Å². The number of unbranched alkanes of at least 4 members (excludes halogenated alkanes) is 1. The number of hydrogen-bond donors (Lipinski definition) is 17. The van der Waals surface area contributed by atoms with Gasteiger partial charge in [0.25, 0.3) is 0 Å². The highest BCUT2D eigenvalue weighted by Crippen LogP contribution is 2.25. The van der Waals surface area contributed by atoms with Crippen molar-refractivity contribution < 1.29 is 62.6 Å². The summed E-state index contributed by atoms with van der Waals surface area (Å²) in [6.07, 6.45) is 5.12. The lowest BCUT2D eigenvalue weighted by molar-refractivity contribution is -0.144. The van der Waals surface area contributed by atoms with Crippen LogP contribution in [-0.2, 0) is 76.8 Å². The van der Waals surface area contributed by atoms with Crippen LogP contribution in [0.1, 0.15) is 120 Å². The Kier molecular flexibility index (Phi) is 34.5. The van der Waals surface area contributed by atoms with Gasteiger partial charge in [-0.25, -0.2) is 4.79 Å². The Balaban J connectivity index is 1.26. The number of carbonyl (C=O) groups is 12. The molecule has 106 heavy (non-hydrogen) atoms. The minimum absolute atomic E-state index is 0.0434. The number of thioether (sulfide) groups is 1. The molecule has 0 radical (unpaired) electrons. The van der Waals surface area contributed by atoms with Crippen LogP contribution in [0.5, 0.6) is 0 Å². The van der Waals surface area contributed by atoms with Gasteiger partial charge in [0, 0.05) is 62.5 Å². The number of nitrogens with zero attached hydrogens (tertiary/aromatic N) is 4. The summed E-state index contributed by atoms with van der Waals surface area (Å²) >= 11 is 1.40. The van der Waals surface area contributed by atoms with E-state index in [2.05, 4.69) is 57.5 Å². The molecule has 0 aliphatic carbocycles. The van der Waals surface area contributed by atoms with Crippen LogP contribution in [0, 0.1) is 5.92 Å². The molecule has 24 N–H and O–H groups in total. The molecule has 4 aromatic rings. The number of nitrogens with two attached hydrogens (primary N) is 7. The number of rotatable bonds is 44. The molecule has 11 atom stereocenters. The zero-order valence-corrected chi connectivity index (χ0v) is 61.3. The van der Waals surface area contributed by atoms with Crippen molar-refractivity contribution in [2.24, 2.45) is 56.0 Å². The fourth-order valence-corrected chi connectivity index (χ4v) is 13.3. The predicted octanol–water partition coefficient (Wildman–Crippen LogP) is -1.62. The van der Waals surface area contributed by atoms with E-state index >= 15 is 14.4 Å². The molecule has 2 fully saturated rings. The number of primary amides is 1. The molecule has 34 heteroatoms. The number of fused-ring (bicyclic) bond motifs is 1. The Hall–Kier alpha value is -10.3. The number of para-hydroxylation sites is 1. The van der Waals surface area contributed by atoms with Crippen molar-refractivity contribution in [1.29, 1.82) is 0 Å². The molecule has 2 saturated heterocycles. The van der Waals surface area contributed by atoms with Crippen LogP contribution >= 0.6 is 11.8 Å². The van der Waals surface area contributed by atoms with Crippen molar-refractivity contribution in [2.45, 2.75) is 189 Å². The maximum Gasteiger partial charge on any atom is 0.326 e. The fraction of sp³-hybridized carbons (Fsp3) is 0.528. The summed E-state index contributed by atoms with van der Waals surface area (Å²) in [5.74, 6) is -10.2. The number of aliphatic carboxylic acids is 1. The largest absolute Gasteiger partial charge is 0.480 e. The Labute approximate surface area is 620 Å². The van der Waals surface area contributed by atoms with E-state index in [9.17, 15) is 48.3 Å². The average molecular weight is 1490 g/mol. The molecule has 2 aliphatic rings. The van der Waals surface area contributed by atoms with Crippen molar-refractivity contribution in [2.75, 3.05) is 44.7 Å². The molecule has 6 rings (SSSR count). The van der Waals surface area contributed by atoms with Crippen molar-refractivity contribution in [3.63, 3.8) is 0 Å². The Morgan fingerprint density at radius 3 is 1.50 bits per heavy atom. The minimum Gasteiger partial charge on any atom is -0.480 e. The number of H-pyrrole nitrogens is 1. The highest BCUT2D eigenvalue weighted by molar-refractivity contribution is 7.98. The van der Waals surface area contributed by atoms with Gasteiger partial charge in [-0.2, -0.15) is 11.8 Å². The second-order valence-corrected chi connectivity index (χ2v) is 28.0. The SMILES string of the molecule is CSCC[C@H](NC(=O)[C@H](CC(C)C)NC(=O)[C@@H](Cc1c[nH]c2ccccc12)NC(=O)[C@H](Cc1ccccc1)NC(=O)[C@@H](Cc1ccccc1)NC(=O)[C@H](CCCN=C(N)N)NC(=O)[C@H](CC(N)=O)NC(=O)[C@@H]1CCCN1C(=O)[C@H](CCCCN)NC(=O)[C@@H]1CCCN1C(=O)[C@@H](N)CCCN=C(N)N)C(=O)O. The monoisotopic (exact) mass is 1490 g/mol. The minimum atomic E-state index is -1.75. The van der Waals surface area contributed by atoms with Crippen LogP contribution < -0.4 is 82.7 Å². The van der Waals surface area contributed by atoms with E-state index in [0.29, 0.717) is 61.0 Å². The number of aromatic nitrogens is 1. The Morgan fingerprint density at radius 2 is 0.981 bits per heavy atom. The molecular formula is C72H106N20O13S. The first-order chi connectivity index (χ1) is 50.7. The van der Waals surface area contributed by atoms with Crippen LogP contribution in [0.4, 0.5) is 0 Å². The topological polar surface area (TPSA) is 550 Å². The molecule has 0 saturated carbocycles. The van der Waals surface area contributed by atoms with Gasteiger partial charge in [0.05, 0.1) is 12.5 Å². The summed E-state index contributed by atoms with van der Waals surface area (Å²) in [5.41, 5.74) is 42.4. The summed E-state index contributed by atoms with van der Waals surface area (Å²) in [6.45, 7) is 4.44. The second-order valence-electron chi connectivity index (χ2n) is 27.0. The maximum absolute atomic E-state index is 15.2. The molecule has 3 aromatic carbocycles. The number of hydrogen-bond acceptors (Lipinski definition) is 17. The van der Waals surface area contributed by atoms with Crippen LogP contribution in [0.3, 0.4) is 0 Å². The van der Waals surface area contributed by atoms with Gasteiger partial charge in [-0.3, -0.25) is 62.7 Å². The van der Waals surface area contributed by atoms with Gasteiger partial charge in [0.2, 0.25) is 65.0 Å². The Morgan fingerprint density at radius 1 is 0.528 bits per heavy atom. The third kappa shape index (κ3) is 27.0. The lowest BCUT2D eigenvalue weighted by Crippen LogP contribution is -2.61. The van der Waals surface area contributed by atoms with Gasteiger partial charge in [0.15, 0.2) is 11.9 Å². The Bertz CT molecular complexity index is 3690. The number of likely N-dealkylation sites (tertiary alicyclic amines) is 2. The van der Waals surface area contributed by atoms with Crippen molar-refractivity contribution in [1.82, 2.24) is 57.3 Å². The van der Waals surface area contributed by atoms with E-state index in [4.69, 9.17) is 40.1 Å². The molecule has 0 bridgehead atoms. The van der Waals surface area contributed by atoms with Crippen LogP contribution in [0.15, 0.2) is 101 Å². The van der Waals surface area contributed by atoms with Gasteiger partial charge in [-0.1, -0.05) is 92.7 Å². The van der Waals surface area contributed by atoms with E-state index in [0.717, 1.165) is 10.9 Å². The number of guanidine groups is 2. The number of carboxylic acid groups (broad SMARTS) is 1. The first kappa shape index (κ1) is 84.6. The number of aliphatic imine (C=N–C) groups is 2. The van der Waals surface area contributed by atoms with Gasteiger partial charge in [-0.05, 0) is 131 Å². The molecule has 0 spiro atoms. The molecule has 0 unspecified atom stereocenters. The molecule has 1 aromatic heterocycles. The molecular weight excluding hydrogens is 1380 g/mol. The summed E-state index contributed by atoms with van der Waals surface area (Å²) in [7, 11) is 0. The predicted molar refractivity (Wildman–Crippen MR) is 402 cm³/mol. The molecule has 11 amide bonds. The summed E-state index contributed by atoms with van der Waals surface area (Å²) < 4.78 is 0. The zero-order chi connectivity index (χ0) is 77.4. The van der Waals surface area contributed by atoms with Crippen molar-refractivity contribution in [3.05, 3.63) is 108 Å². The molecule has 33 nitrogen and oxygen atoms in total. The zero-order valence-electron chi connectivity index (χ0n) is 60.4. The van der Waals surface area contributed by atoms with Crippen LogP contribution in [0.2, 0.25) is 0 Å².